The van der Waals surface area contributed by atoms with Gasteiger partial charge in [0.25, 0.3) is 0 Å². The van der Waals surface area contributed by atoms with Crippen molar-refractivity contribution in [2.75, 3.05) is 12.8 Å². The molecule has 1 aromatic heterocycles. The van der Waals surface area contributed by atoms with Crippen molar-refractivity contribution in [3.63, 3.8) is 0 Å². The topological polar surface area (TPSA) is 66.0 Å². The molecule has 1 aliphatic rings. The van der Waals surface area contributed by atoms with E-state index < -0.39 is 0 Å². The third-order valence-electron chi connectivity index (χ3n) is 3.96. The van der Waals surface area contributed by atoms with Gasteiger partial charge in [0.05, 0.1) is 13.2 Å². The summed E-state index contributed by atoms with van der Waals surface area (Å²) in [4.78, 5) is 4.21. The number of nitrogens with two attached hydrogens (primary N) is 1. The van der Waals surface area contributed by atoms with Crippen molar-refractivity contribution in [2.45, 2.75) is 31.7 Å². The summed E-state index contributed by atoms with van der Waals surface area (Å²) in [6, 6.07) is 4.70. The zero-order valence-corrected chi connectivity index (χ0v) is 11.5. The van der Waals surface area contributed by atoms with Crippen molar-refractivity contribution in [3.05, 3.63) is 35.4 Å². The van der Waals surface area contributed by atoms with Crippen molar-refractivity contribution in [3.8, 4) is 5.75 Å². The maximum absolute atomic E-state index is 13.6. The standard InChI is InChI=1S/C14H17FN4O/c1-8-10(4-6-13-17-14(16)18-19(8)13)11-7-9(15)3-5-12(11)20-2/h3,5,7-8,10H,4,6H2,1-2H3,(H2,16,18). The first-order chi connectivity index (χ1) is 9.60. The molecule has 2 atom stereocenters. The van der Waals surface area contributed by atoms with Crippen molar-refractivity contribution in [1.29, 1.82) is 0 Å². The first kappa shape index (κ1) is 12.9. The number of nitrogen functional groups attached to an aromatic ring is 1. The van der Waals surface area contributed by atoms with Gasteiger partial charge in [-0.15, -0.1) is 5.10 Å². The minimum atomic E-state index is -0.253. The van der Waals surface area contributed by atoms with Gasteiger partial charge < -0.3 is 10.5 Å². The summed E-state index contributed by atoms with van der Waals surface area (Å²) in [5, 5.41) is 4.23. The van der Waals surface area contributed by atoms with Crippen molar-refractivity contribution < 1.29 is 9.13 Å². The molecule has 0 radical (unpaired) electrons. The highest BCUT2D eigenvalue weighted by Crippen LogP contribution is 2.41. The lowest BCUT2D eigenvalue weighted by Crippen LogP contribution is -2.25. The Labute approximate surface area is 116 Å². The van der Waals surface area contributed by atoms with E-state index in [4.69, 9.17) is 10.5 Å². The summed E-state index contributed by atoms with van der Waals surface area (Å²) in [6.45, 7) is 2.05. The minimum absolute atomic E-state index is 0.0687. The third-order valence-corrected chi connectivity index (χ3v) is 3.96. The van der Waals surface area contributed by atoms with Crippen LogP contribution in [-0.4, -0.2) is 21.9 Å². The van der Waals surface area contributed by atoms with Crippen LogP contribution in [-0.2, 0) is 6.42 Å². The van der Waals surface area contributed by atoms with Crippen molar-refractivity contribution in [1.82, 2.24) is 14.8 Å². The number of rotatable bonds is 2. The lowest BCUT2D eigenvalue weighted by molar-refractivity contribution is 0.325. The Morgan fingerprint density at radius 3 is 3.00 bits per heavy atom. The summed E-state index contributed by atoms with van der Waals surface area (Å²) in [6.07, 6.45) is 1.65. The summed E-state index contributed by atoms with van der Waals surface area (Å²) in [5.41, 5.74) is 6.53. The van der Waals surface area contributed by atoms with Crippen LogP contribution in [0.4, 0.5) is 10.3 Å². The van der Waals surface area contributed by atoms with E-state index in [9.17, 15) is 4.39 Å². The van der Waals surface area contributed by atoms with E-state index in [2.05, 4.69) is 10.1 Å². The van der Waals surface area contributed by atoms with Gasteiger partial charge in [-0.25, -0.2) is 9.07 Å². The van der Waals surface area contributed by atoms with Crippen LogP contribution in [0.5, 0.6) is 5.75 Å². The Hall–Kier alpha value is -2.11. The predicted molar refractivity (Wildman–Crippen MR) is 73.2 cm³/mol. The van der Waals surface area contributed by atoms with E-state index in [0.29, 0.717) is 11.7 Å². The first-order valence-electron chi connectivity index (χ1n) is 6.64. The molecule has 0 fully saturated rings. The molecule has 3 rings (SSSR count). The summed E-state index contributed by atoms with van der Waals surface area (Å²) in [5.74, 6) is 1.77. The molecule has 2 N–H and O–H groups in total. The minimum Gasteiger partial charge on any atom is -0.496 e. The van der Waals surface area contributed by atoms with Crippen LogP contribution in [0, 0.1) is 5.82 Å². The van der Waals surface area contributed by atoms with Crippen LogP contribution in [0.25, 0.3) is 0 Å². The predicted octanol–water partition coefficient (Wildman–Crippen LogP) is 2.30. The molecule has 0 saturated carbocycles. The number of benzene rings is 1. The molecule has 2 unspecified atom stereocenters. The third kappa shape index (κ3) is 2.01. The number of fused-ring (bicyclic) bond motifs is 1. The van der Waals surface area contributed by atoms with E-state index in [0.717, 1.165) is 24.2 Å². The molecule has 2 heterocycles. The number of aromatic nitrogens is 3. The molecule has 0 aliphatic carbocycles. The molecule has 2 aromatic rings. The lowest BCUT2D eigenvalue weighted by Gasteiger charge is -2.30. The van der Waals surface area contributed by atoms with E-state index in [-0.39, 0.29) is 17.8 Å². The highest BCUT2D eigenvalue weighted by Gasteiger charge is 2.31. The number of halogens is 1. The van der Waals surface area contributed by atoms with Crippen LogP contribution < -0.4 is 10.5 Å². The average Bonchev–Trinajstić information content (AvgIpc) is 2.81. The van der Waals surface area contributed by atoms with Gasteiger partial charge in [0.2, 0.25) is 5.95 Å². The Morgan fingerprint density at radius 1 is 1.45 bits per heavy atom. The van der Waals surface area contributed by atoms with Crippen LogP contribution in [0.1, 0.15) is 36.7 Å². The monoisotopic (exact) mass is 276 g/mol. The maximum atomic E-state index is 13.6. The number of hydrogen-bond donors (Lipinski definition) is 1. The number of anilines is 1. The Bertz CT molecular complexity index is 640. The van der Waals surface area contributed by atoms with E-state index in [1.165, 1.54) is 6.07 Å². The molecule has 0 spiro atoms. The van der Waals surface area contributed by atoms with Gasteiger partial charge >= 0.3 is 0 Å². The smallest absolute Gasteiger partial charge is 0.239 e. The second kappa shape index (κ2) is 4.77. The quantitative estimate of drug-likeness (QED) is 0.914. The first-order valence-corrected chi connectivity index (χ1v) is 6.64. The number of ether oxygens (including phenoxy) is 1. The molecular formula is C14H17FN4O. The zero-order chi connectivity index (χ0) is 14.3. The highest BCUT2D eigenvalue weighted by atomic mass is 19.1. The summed E-state index contributed by atoms with van der Waals surface area (Å²) >= 11 is 0. The van der Waals surface area contributed by atoms with Gasteiger partial charge in [0, 0.05) is 17.9 Å². The second-order valence-electron chi connectivity index (χ2n) is 5.10. The van der Waals surface area contributed by atoms with E-state index in [1.807, 2.05) is 11.6 Å². The Kier molecular flexibility index (Phi) is 3.08. The number of aryl methyl sites for hydroxylation is 1. The molecule has 20 heavy (non-hydrogen) atoms. The molecule has 1 aromatic carbocycles. The van der Waals surface area contributed by atoms with Gasteiger partial charge in [-0.1, -0.05) is 0 Å². The molecule has 0 bridgehead atoms. The second-order valence-corrected chi connectivity index (χ2v) is 5.10. The van der Waals surface area contributed by atoms with Gasteiger partial charge in [-0.3, -0.25) is 0 Å². The normalized spacial score (nSPS) is 21.6. The molecule has 5 nitrogen and oxygen atoms in total. The molecule has 106 valence electrons. The molecule has 6 heteroatoms. The van der Waals surface area contributed by atoms with Gasteiger partial charge in [-0.2, -0.15) is 4.98 Å². The molecule has 1 aliphatic heterocycles. The van der Waals surface area contributed by atoms with Gasteiger partial charge in [-0.05, 0) is 31.5 Å². The van der Waals surface area contributed by atoms with Gasteiger partial charge in [0.15, 0.2) is 0 Å². The van der Waals surface area contributed by atoms with E-state index >= 15 is 0 Å². The fraction of sp³-hybridized carbons (Fsp3) is 0.429. The summed E-state index contributed by atoms with van der Waals surface area (Å²) < 4.78 is 20.8. The fourth-order valence-corrected chi connectivity index (χ4v) is 2.98. The fourth-order valence-electron chi connectivity index (χ4n) is 2.98. The number of methoxy groups -OCH3 is 1. The van der Waals surface area contributed by atoms with E-state index in [1.54, 1.807) is 19.2 Å². The average molecular weight is 276 g/mol. The number of nitrogens with zero attached hydrogens (tertiary/aromatic N) is 3. The lowest BCUT2D eigenvalue weighted by atomic mass is 9.85. The SMILES string of the molecule is COc1ccc(F)cc1C1CCc2nc(N)nn2C1C. The molecule has 0 saturated heterocycles. The van der Waals surface area contributed by atoms with Crippen LogP contribution in [0.2, 0.25) is 0 Å². The molecular weight excluding hydrogens is 259 g/mol. The van der Waals surface area contributed by atoms with Gasteiger partial charge in [0.1, 0.15) is 17.4 Å². The highest BCUT2D eigenvalue weighted by molar-refractivity contribution is 5.38. The largest absolute Gasteiger partial charge is 0.496 e. The molecule has 0 amide bonds. The van der Waals surface area contributed by atoms with Crippen molar-refractivity contribution in [2.24, 2.45) is 0 Å². The van der Waals surface area contributed by atoms with Crippen LogP contribution >= 0.6 is 0 Å². The van der Waals surface area contributed by atoms with Crippen LogP contribution in [0.3, 0.4) is 0 Å². The zero-order valence-electron chi connectivity index (χ0n) is 11.5. The number of hydrogen-bond acceptors (Lipinski definition) is 4. The summed E-state index contributed by atoms with van der Waals surface area (Å²) in [7, 11) is 1.60. The Balaban J connectivity index is 2.02. The Morgan fingerprint density at radius 2 is 2.25 bits per heavy atom. The maximum Gasteiger partial charge on any atom is 0.239 e. The van der Waals surface area contributed by atoms with Crippen molar-refractivity contribution >= 4 is 5.95 Å². The van der Waals surface area contributed by atoms with Crippen LogP contribution in [0.15, 0.2) is 18.2 Å².